The van der Waals surface area contributed by atoms with E-state index in [1.54, 1.807) is 18.2 Å². The fraction of sp³-hybridized carbons (Fsp3) is 0.176. The van der Waals surface area contributed by atoms with Crippen LogP contribution in [-0.4, -0.2) is 20.6 Å². The predicted octanol–water partition coefficient (Wildman–Crippen LogP) is 3.63. The maximum Gasteiger partial charge on any atom is 0.307 e. The van der Waals surface area contributed by atoms with Crippen LogP contribution >= 0.6 is 0 Å². The van der Waals surface area contributed by atoms with E-state index in [0.717, 1.165) is 17.6 Å². The van der Waals surface area contributed by atoms with Gasteiger partial charge in [-0.25, -0.2) is 13.8 Å². The van der Waals surface area contributed by atoms with E-state index in [-0.39, 0.29) is 6.42 Å². The minimum atomic E-state index is -0.927. The highest BCUT2D eigenvalue weighted by molar-refractivity contribution is 5.82. The standard InChI is InChI=1S/C17H14F2N2O2/c1-2-21-15-6-3-10(8-16(22)23)7-14(15)20-17(21)11-4-5-12(18)13(19)9-11/h3-7,9H,2,8H2,1H3,(H,22,23). The Labute approximate surface area is 131 Å². The molecule has 0 saturated heterocycles. The Hall–Kier alpha value is -2.76. The molecule has 4 nitrogen and oxygen atoms in total. The maximum atomic E-state index is 13.5. The number of imidazole rings is 1. The number of carbonyl (C=O) groups is 1. The van der Waals surface area contributed by atoms with Gasteiger partial charge in [-0.05, 0) is 42.8 Å². The molecule has 2 aromatic carbocycles. The third-order valence-corrected chi connectivity index (χ3v) is 3.66. The fourth-order valence-corrected chi connectivity index (χ4v) is 2.64. The average molecular weight is 316 g/mol. The number of halogens is 2. The molecule has 0 atom stereocenters. The second-order valence-corrected chi connectivity index (χ2v) is 5.20. The minimum absolute atomic E-state index is 0.0879. The number of carboxylic acids is 1. The van der Waals surface area contributed by atoms with E-state index in [0.29, 0.717) is 29.0 Å². The zero-order valence-electron chi connectivity index (χ0n) is 12.4. The molecule has 0 spiro atoms. The molecule has 118 valence electrons. The van der Waals surface area contributed by atoms with Crippen molar-refractivity contribution in [1.82, 2.24) is 9.55 Å². The van der Waals surface area contributed by atoms with Gasteiger partial charge in [-0.3, -0.25) is 4.79 Å². The van der Waals surface area contributed by atoms with Crippen LogP contribution in [0.5, 0.6) is 0 Å². The first-order valence-electron chi connectivity index (χ1n) is 7.16. The molecule has 6 heteroatoms. The summed E-state index contributed by atoms with van der Waals surface area (Å²) < 4.78 is 28.5. The quantitative estimate of drug-likeness (QED) is 0.799. The summed E-state index contributed by atoms with van der Waals surface area (Å²) in [6.07, 6.45) is -0.0879. The molecular formula is C17H14F2N2O2. The van der Waals surface area contributed by atoms with E-state index in [1.165, 1.54) is 6.07 Å². The summed E-state index contributed by atoms with van der Waals surface area (Å²) in [7, 11) is 0. The van der Waals surface area contributed by atoms with Gasteiger partial charge in [0, 0.05) is 12.1 Å². The first-order chi connectivity index (χ1) is 11.0. The first-order valence-corrected chi connectivity index (χ1v) is 7.16. The summed E-state index contributed by atoms with van der Waals surface area (Å²) in [6.45, 7) is 2.53. The molecule has 3 aromatic rings. The maximum absolute atomic E-state index is 13.5. The number of hydrogen-bond acceptors (Lipinski definition) is 2. The lowest BCUT2D eigenvalue weighted by Gasteiger charge is -2.06. The van der Waals surface area contributed by atoms with E-state index in [4.69, 9.17) is 5.11 Å². The van der Waals surface area contributed by atoms with Crippen LogP contribution in [0.3, 0.4) is 0 Å². The molecule has 0 aliphatic carbocycles. The van der Waals surface area contributed by atoms with Crippen molar-refractivity contribution < 1.29 is 18.7 Å². The van der Waals surface area contributed by atoms with Crippen molar-refractivity contribution in [2.45, 2.75) is 19.9 Å². The van der Waals surface area contributed by atoms with Gasteiger partial charge in [-0.1, -0.05) is 6.07 Å². The van der Waals surface area contributed by atoms with Crippen molar-refractivity contribution in [1.29, 1.82) is 0 Å². The number of carboxylic acid groups (broad SMARTS) is 1. The third kappa shape index (κ3) is 2.79. The zero-order valence-corrected chi connectivity index (χ0v) is 12.4. The summed E-state index contributed by atoms with van der Waals surface area (Å²) in [6, 6.07) is 8.90. The van der Waals surface area contributed by atoms with Crippen molar-refractivity contribution in [3.05, 3.63) is 53.6 Å². The van der Waals surface area contributed by atoms with Gasteiger partial charge < -0.3 is 9.67 Å². The molecule has 1 N–H and O–H groups in total. The van der Waals surface area contributed by atoms with Crippen molar-refractivity contribution >= 4 is 17.0 Å². The number of aliphatic carboxylic acids is 1. The van der Waals surface area contributed by atoms with Crippen LogP contribution in [0.2, 0.25) is 0 Å². The van der Waals surface area contributed by atoms with E-state index >= 15 is 0 Å². The second-order valence-electron chi connectivity index (χ2n) is 5.20. The lowest BCUT2D eigenvalue weighted by molar-refractivity contribution is -0.136. The summed E-state index contributed by atoms with van der Waals surface area (Å²) >= 11 is 0. The van der Waals surface area contributed by atoms with Crippen LogP contribution in [0.15, 0.2) is 36.4 Å². The smallest absolute Gasteiger partial charge is 0.307 e. The molecule has 23 heavy (non-hydrogen) atoms. The van der Waals surface area contributed by atoms with Gasteiger partial charge in [0.1, 0.15) is 5.82 Å². The lowest BCUT2D eigenvalue weighted by atomic mass is 10.1. The summed E-state index contributed by atoms with van der Waals surface area (Å²) in [4.78, 5) is 15.3. The molecule has 0 fully saturated rings. The van der Waals surface area contributed by atoms with E-state index in [9.17, 15) is 13.6 Å². The first kappa shape index (κ1) is 15.1. The van der Waals surface area contributed by atoms with Crippen molar-refractivity contribution in [3.8, 4) is 11.4 Å². The highest BCUT2D eigenvalue weighted by Crippen LogP contribution is 2.26. The number of rotatable bonds is 4. The van der Waals surface area contributed by atoms with Gasteiger partial charge in [0.25, 0.3) is 0 Å². The van der Waals surface area contributed by atoms with Crippen LogP contribution in [0.1, 0.15) is 12.5 Å². The molecule has 0 saturated carbocycles. The summed E-state index contributed by atoms with van der Waals surface area (Å²) in [5, 5.41) is 8.88. The summed E-state index contributed by atoms with van der Waals surface area (Å²) in [5.41, 5.74) is 2.57. The Morgan fingerprint density at radius 3 is 2.61 bits per heavy atom. The SMILES string of the molecule is CCn1c(-c2ccc(F)c(F)c2)nc2cc(CC(=O)O)ccc21. The number of aromatic nitrogens is 2. The Balaban J connectivity index is 2.16. The third-order valence-electron chi connectivity index (χ3n) is 3.66. The highest BCUT2D eigenvalue weighted by Gasteiger charge is 2.14. The van der Waals surface area contributed by atoms with Crippen LogP contribution in [0, 0.1) is 11.6 Å². The van der Waals surface area contributed by atoms with Gasteiger partial charge in [-0.15, -0.1) is 0 Å². The van der Waals surface area contributed by atoms with Gasteiger partial charge >= 0.3 is 5.97 Å². The van der Waals surface area contributed by atoms with Gasteiger partial charge in [0.2, 0.25) is 0 Å². The second kappa shape index (κ2) is 5.79. The van der Waals surface area contributed by atoms with Crippen LogP contribution < -0.4 is 0 Å². The fourth-order valence-electron chi connectivity index (χ4n) is 2.64. The molecule has 0 aliphatic rings. The number of hydrogen-bond donors (Lipinski definition) is 1. The van der Waals surface area contributed by atoms with Crippen molar-refractivity contribution in [3.63, 3.8) is 0 Å². The molecule has 0 aliphatic heterocycles. The lowest BCUT2D eigenvalue weighted by Crippen LogP contribution is -2.00. The average Bonchev–Trinajstić information content (AvgIpc) is 2.87. The number of nitrogens with zero attached hydrogens (tertiary/aromatic N) is 2. The number of aryl methyl sites for hydroxylation is 1. The van der Waals surface area contributed by atoms with Crippen molar-refractivity contribution in [2.75, 3.05) is 0 Å². The summed E-state index contributed by atoms with van der Waals surface area (Å²) in [5.74, 6) is -2.23. The molecule has 0 bridgehead atoms. The highest BCUT2D eigenvalue weighted by atomic mass is 19.2. The predicted molar refractivity (Wildman–Crippen MR) is 82.1 cm³/mol. The molecule has 0 unspecified atom stereocenters. The Morgan fingerprint density at radius 2 is 1.96 bits per heavy atom. The molecule has 0 radical (unpaired) electrons. The largest absolute Gasteiger partial charge is 0.481 e. The van der Waals surface area contributed by atoms with Crippen LogP contribution in [-0.2, 0) is 17.8 Å². The van der Waals surface area contributed by atoms with E-state index < -0.39 is 17.6 Å². The van der Waals surface area contributed by atoms with Crippen molar-refractivity contribution in [2.24, 2.45) is 0 Å². The zero-order chi connectivity index (χ0) is 16.6. The number of benzene rings is 2. The molecule has 0 amide bonds. The van der Waals surface area contributed by atoms with Gasteiger partial charge in [0.15, 0.2) is 11.6 Å². The molecule has 1 heterocycles. The van der Waals surface area contributed by atoms with E-state index in [2.05, 4.69) is 4.98 Å². The van der Waals surface area contributed by atoms with Gasteiger partial charge in [0.05, 0.1) is 17.5 Å². The molecular weight excluding hydrogens is 302 g/mol. The monoisotopic (exact) mass is 316 g/mol. The van der Waals surface area contributed by atoms with Crippen LogP contribution in [0.4, 0.5) is 8.78 Å². The number of fused-ring (bicyclic) bond motifs is 1. The Kier molecular flexibility index (Phi) is 3.82. The van der Waals surface area contributed by atoms with E-state index in [1.807, 2.05) is 11.5 Å². The Bertz CT molecular complexity index is 903. The normalized spacial score (nSPS) is 11.1. The molecule has 1 aromatic heterocycles. The van der Waals surface area contributed by atoms with Crippen LogP contribution in [0.25, 0.3) is 22.4 Å². The minimum Gasteiger partial charge on any atom is -0.481 e. The topological polar surface area (TPSA) is 55.1 Å². The molecule has 3 rings (SSSR count). The van der Waals surface area contributed by atoms with Gasteiger partial charge in [-0.2, -0.15) is 0 Å². The Morgan fingerprint density at radius 1 is 1.17 bits per heavy atom.